The molecule has 2 atom stereocenters. The second kappa shape index (κ2) is 4.19. The van der Waals surface area contributed by atoms with Crippen molar-refractivity contribution in [3.63, 3.8) is 0 Å². The Morgan fingerprint density at radius 3 is 2.27 bits per heavy atom. The lowest BCUT2D eigenvalue weighted by atomic mass is 10.3. The van der Waals surface area contributed by atoms with Gasteiger partial charge in [-0.25, -0.2) is 13.4 Å². The van der Waals surface area contributed by atoms with Gasteiger partial charge in [0, 0.05) is 6.26 Å². The van der Waals surface area contributed by atoms with Crippen molar-refractivity contribution >= 4 is 21.2 Å². The van der Waals surface area contributed by atoms with Crippen LogP contribution in [0.5, 0.6) is 0 Å². The van der Waals surface area contributed by atoms with E-state index >= 15 is 0 Å². The van der Waals surface area contributed by atoms with Crippen LogP contribution < -0.4 is 0 Å². The van der Waals surface area contributed by atoms with Crippen molar-refractivity contribution in [2.24, 2.45) is 0 Å². The molecule has 1 N–H and O–H groups in total. The third-order valence-corrected chi connectivity index (χ3v) is 5.39. The number of aromatic nitrogens is 1. The standard InChI is InChI=1S/C9H15NO3S2/c1-5-8(6(2)11)14-9(10-5)7(3)15(4,12)13/h6-7,11H,1-4H3. The minimum Gasteiger partial charge on any atom is -0.388 e. The Morgan fingerprint density at radius 1 is 1.40 bits per heavy atom. The molecule has 1 aromatic rings. The Balaban J connectivity index is 3.14. The summed E-state index contributed by atoms with van der Waals surface area (Å²) in [6.45, 7) is 5.03. The maximum atomic E-state index is 11.3. The van der Waals surface area contributed by atoms with E-state index in [1.165, 1.54) is 17.6 Å². The molecule has 0 aliphatic rings. The molecule has 0 saturated heterocycles. The lowest BCUT2D eigenvalue weighted by Crippen LogP contribution is -2.07. The Bertz CT molecular complexity index is 448. The van der Waals surface area contributed by atoms with E-state index in [0.29, 0.717) is 10.7 Å². The highest BCUT2D eigenvalue weighted by Gasteiger charge is 2.23. The van der Waals surface area contributed by atoms with E-state index in [2.05, 4.69) is 4.98 Å². The van der Waals surface area contributed by atoms with Gasteiger partial charge in [0.15, 0.2) is 9.84 Å². The SMILES string of the molecule is Cc1nc(C(C)S(C)(=O)=O)sc1C(C)O. The van der Waals surface area contributed by atoms with Crippen molar-refractivity contribution in [1.82, 2.24) is 4.98 Å². The van der Waals surface area contributed by atoms with E-state index in [-0.39, 0.29) is 0 Å². The summed E-state index contributed by atoms with van der Waals surface area (Å²) in [5, 5.41) is 9.37. The van der Waals surface area contributed by atoms with Crippen LogP contribution in [0.15, 0.2) is 0 Å². The van der Waals surface area contributed by atoms with Crippen LogP contribution in [0.4, 0.5) is 0 Å². The van der Waals surface area contributed by atoms with E-state index in [0.717, 1.165) is 4.88 Å². The van der Waals surface area contributed by atoms with Gasteiger partial charge in [-0.2, -0.15) is 0 Å². The summed E-state index contributed by atoms with van der Waals surface area (Å²) in [7, 11) is -3.12. The minimum absolute atomic E-state index is 0.547. The van der Waals surface area contributed by atoms with Crippen molar-refractivity contribution in [3.05, 3.63) is 15.6 Å². The van der Waals surface area contributed by atoms with E-state index in [1.54, 1.807) is 20.8 Å². The summed E-state index contributed by atoms with van der Waals surface area (Å²) in [4.78, 5) is 4.91. The number of hydrogen-bond donors (Lipinski definition) is 1. The Morgan fingerprint density at radius 2 is 1.93 bits per heavy atom. The van der Waals surface area contributed by atoms with Crippen molar-refractivity contribution < 1.29 is 13.5 Å². The molecule has 1 heterocycles. The van der Waals surface area contributed by atoms with E-state index in [4.69, 9.17) is 0 Å². The van der Waals surface area contributed by atoms with Crippen LogP contribution in [-0.2, 0) is 9.84 Å². The number of aryl methyl sites for hydroxylation is 1. The monoisotopic (exact) mass is 249 g/mol. The smallest absolute Gasteiger partial charge is 0.156 e. The third-order valence-electron chi connectivity index (χ3n) is 2.22. The maximum absolute atomic E-state index is 11.3. The van der Waals surface area contributed by atoms with Crippen LogP contribution in [0, 0.1) is 6.92 Å². The predicted octanol–water partition coefficient (Wildman–Crippen LogP) is 1.61. The highest BCUT2D eigenvalue weighted by atomic mass is 32.2. The Kier molecular flexibility index (Phi) is 3.52. The van der Waals surface area contributed by atoms with Gasteiger partial charge in [0.2, 0.25) is 0 Å². The molecule has 2 unspecified atom stereocenters. The van der Waals surface area contributed by atoms with Crippen LogP contribution in [0.25, 0.3) is 0 Å². The first-order chi connectivity index (χ1) is 6.73. The average Bonchev–Trinajstić information content (AvgIpc) is 2.44. The number of aliphatic hydroxyl groups is 1. The van der Waals surface area contributed by atoms with Gasteiger partial charge in [-0.15, -0.1) is 11.3 Å². The summed E-state index contributed by atoms with van der Waals surface area (Å²) < 4.78 is 22.7. The van der Waals surface area contributed by atoms with Crippen molar-refractivity contribution in [2.75, 3.05) is 6.26 Å². The molecule has 0 amide bonds. The summed E-state index contributed by atoms with van der Waals surface area (Å²) in [6, 6.07) is 0. The lowest BCUT2D eigenvalue weighted by molar-refractivity contribution is 0.202. The second-order valence-electron chi connectivity index (χ2n) is 3.65. The molecular formula is C9H15NO3S2. The third kappa shape index (κ3) is 2.76. The molecule has 0 aliphatic carbocycles. The van der Waals surface area contributed by atoms with Crippen molar-refractivity contribution in [1.29, 1.82) is 0 Å². The lowest BCUT2D eigenvalue weighted by Gasteiger charge is -2.04. The largest absolute Gasteiger partial charge is 0.388 e. The first-order valence-electron chi connectivity index (χ1n) is 4.57. The normalized spacial score (nSPS) is 16.3. The van der Waals surface area contributed by atoms with Gasteiger partial charge in [-0.3, -0.25) is 0 Å². The van der Waals surface area contributed by atoms with Crippen molar-refractivity contribution in [3.8, 4) is 0 Å². The van der Waals surface area contributed by atoms with Gasteiger partial charge in [-0.05, 0) is 20.8 Å². The predicted molar refractivity (Wildman–Crippen MR) is 60.7 cm³/mol. The number of aliphatic hydroxyl groups excluding tert-OH is 1. The van der Waals surface area contributed by atoms with Crippen LogP contribution in [-0.4, -0.2) is 24.8 Å². The first-order valence-corrected chi connectivity index (χ1v) is 7.34. The molecule has 0 spiro atoms. The van der Waals surface area contributed by atoms with Crippen molar-refractivity contribution in [2.45, 2.75) is 32.1 Å². The molecule has 6 heteroatoms. The molecule has 86 valence electrons. The molecule has 0 saturated carbocycles. The maximum Gasteiger partial charge on any atom is 0.156 e. The summed E-state index contributed by atoms with van der Waals surface area (Å²) in [6.07, 6.45) is 0.596. The second-order valence-corrected chi connectivity index (χ2v) is 7.08. The molecule has 0 aromatic carbocycles. The van der Waals surface area contributed by atoms with Crippen LogP contribution in [0.3, 0.4) is 0 Å². The molecule has 0 aliphatic heterocycles. The number of sulfone groups is 1. The quantitative estimate of drug-likeness (QED) is 0.883. The fourth-order valence-electron chi connectivity index (χ4n) is 1.17. The zero-order chi connectivity index (χ0) is 11.8. The van der Waals surface area contributed by atoms with Crippen LogP contribution in [0.2, 0.25) is 0 Å². The topological polar surface area (TPSA) is 67.3 Å². The summed E-state index contributed by atoms with van der Waals surface area (Å²) in [5.74, 6) is 0. The molecule has 15 heavy (non-hydrogen) atoms. The number of rotatable bonds is 3. The molecule has 1 aromatic heterocycles. The highest BCUT2D eigenvalue weighted by Crippen LogP contribution is 2.31. The zero-order valence-corrected chi connectivity index (χ0v) is 10.8. The highest BCUT2D eigenvalue weighted by molar-refractivity contribution is 7.91. The molecule has 0 fully saturated rings. The van der Waals surface area contributed by atoms with Gasteiger partial charge in [0.05, 0.1) is 16.7 Å². The molecule has 0 bridgehead atoms. The number of nitrogens with zero attached hydrogens (tertiary/aromatic N) is 1. The minimum atomic E-state index is -3.12. The molecule has 1 rings (SSSR count). The Labute approximate surface area is 93.9 Å². The average molecular weight is 249 g/mol. The van der Waals surface area contributed by atoms with Gasteiger partial charge < -0.3 is 5.11 Å². The Hall–Kier alpha value is -0.460. The van der Waals surface area contributed by atoms with Gasteiger partial charge >= 0.3 is 0 Å². The molecule has 4 nitrogen and oxygen atoms in total. The fraction of sp³-hybridized carbons (Fsp3) is 0.667. The zero-order valence-electron chi connectivity index (χ0n) is 9.18. The van der Waals surface area contributed by atoms with Gasteiger partial charge in [0.25, 0.3) is 0 Å². The van der Waals surface area contributed by atoms with E-state index in [1.807, 2.05) is 0 Å². The van der Waals surface area contributed by atoms with Crippen LogP contribution >= 0.6 is 11.3 Å². The first kappa shape index (κ1) is 12.6. The van der Waals surface area contributed by atoms with E-state index < -0.39 is 21.2 Å². The summed E-state index contributed by atoms with van der Waals surface area (Å²) >= 11 is 1.26. The van der Waals surface area contributed by atoms with E-state index in [9.17, 15) is 13.5 Å². The molecular weight excluding hydrogens is 234 g/mol. The summed E-state index contributed by atoms with van der Waals surface area (Å²) in [5.41, 5.74) is 0.709. The van der Waals surface area contributed by atoms with Crippen LogP contribution in [0.1, 0.15) is 40.8 Å². The fourth-order valence-corrected chi connectivity index (χ4v) is 3.20. The van der Waals surface area contributed by atoms with Gasteiger partial charge in [-0.1, -0.05) is 0 Å². The van der Waals surface area contributed by atoms with Gasteiger partial charge in [0.1, 0.15) is 10.3 Å². The number of hydrogen-bond acceptors (Lipinski definition) is 5. The number of thiazole rings is 1. The molecule has 0 radical (unpaired) electrons.